The number of fused-ring (bicyclic) bond motifs is 1. The maximum absolute atomic E-state index is 12.9. The van der Waals surface area contributed by atoms with Gasteiger partial charge in [-0.05, 0) is 25.0 Å². The van der Waals surface area contributed by atoms with Crippen LogP contribution < -0.4 is 14.4 Å². The molecule has 3 aromatic rings. The predicted molar refractivity (Wildman–Crippen MR) is 108 cm³/mol. The molecule has 28 heavy (non-hydrogen) atoms. The van der Waals surface area contributed by atoms with E-state index in [2.05, 4.69) is 15.1 Å². The number of nitrogens with zero attached hydrogens (tertiary/aromatic N) is 3. The van der Waals surface area contributed by atoms with Gasteiger partial charge in [0.2, 0.25) is 0 Å². The molecule has 6 heteroatoms. The first-order valence-electron chi connectivity index (χ1n) is 9.43. The molecule has 6 nitrogen and oxygen atoms in total. The van der Waals surface area contributed by atoms with Gasteiger partial charge in [0.15, 0.2) is 23.1 Å². The molecule has 0 aliphatic carbocycles. The quantitative estimate of drug-likeness (QED) is 0.631. The van der Waals surface area contributed by atoms with E-state index >= 15 is 0 Å². The first-order chi connectivity index (χ1) is 13.7. The largest absolute Gasteiger partial charge is 0.493 e. The van der Waals surface area contributed by atoms with Crippen molar-refractivity contribution < 1.29 is 14.3 Å². The zero-order chi connectivity index (χ0) is 19.5. The first kappa shape index (κ1) is 18.2. The van der Waals surface area contributed by atoms with Crippen molar-refractivity contribution in [2.24, 2.45) is 5.92 Å². The summed E-state index contributed by atoms with van der Waals surface area (Å²) in [6.45, 7) is 1.48. The smallest absolute Gasteiger partial charge is 0.167 e. The minimum Gasteiger partial charge on any atom is -0.493 e. The summed E-state index contributed by atoms with van der Waals surface area (Å²) in [7, 11) is 3.23. The summed E-state index contributed by atoms with van der Waals surface area (Å²) in [6.07, 6.45) is 3.55. The summed E-state index contributed by atoms with van der Waals surface area (Å²) in [5.41, 5.74) is 0.768. The Balaban J connectivity index is 1.67. The third-order valence-electron chi connectivity index (χ3n) is 5.30. The fraction of sp³-hybridized carbons (Fsp3) is 0.318. The lowest BCUT2D eigenvalue weighted by Crippen LogP contribution is -2.39. The standard InChI is InChI=1S/C22H23N3O3/c1-27-19-11-17-13-23-24-22(18(17)12-20(19)28-2)25-10-6-9-16(14-25)21(26)15-7-4-3-5-8-15/h3-5,7-8,11-13,16H,6,9-10,14H2,1-2H3. The highest BCUT2D eigenvalue weighted by atomic mass is 16.5. The van der Waals surface area contributed by atoms with Gasteiger partial charge < -0.3 is 14.4 Å². The van der Waals surface area contributed by atoms with Crippen LogP contribution >= 0.6 is 0 Å². The molecule has 1 aromatic heterocycles. The van der Waals surface area contributed by atoms with Gasteiger partial charge in [0.25, 0.3) is 0 Å². The number of ketones is 1. The van der Waals surface area contributed by atoms with Crippen molar-refractivity contribution in [2.75, 3.05) is 32.2 Å². The molecule has 0 saturated carbocycles. The fourth-order valence-corrected chi connectivity index (χ4v) is 3.85. The van der Waals surface area contributed by atoms with Crippen molar-refractivity contribution >= 4 is 22.4 Å². The molecule has 1 unspecified atom stereocenters. The molecule has 1 atom stereocenters. The van der Waals surface area contributed by atoms with Gasteiger partial charge in [0, 0.05) is 35.3 Å². The molecule has 2 aromatic carbocycles. The number of piperidine rings is 1. The predicted octanol–water partition coefficient (Wildman–Crippen LogP) is 3.75. The summed E-state index contributed by atoms with van der Waals surface area (Å²) >= 11 is 0. The summed E-state index contributed by atoms with van der Waals surface area (Å²) in [5, 5.41) is 10.4. The Kier molecular flexibility index (Phi) is 5.10. The number of aromatic nitrogens is 2. The number of hydrogen-bond acceptors (Lipinski definition) is 6. The second-order valence-corrected chi connectivity index (χ2v) is 6.98. The molecule has 0 bridgehead atoms. The van der Waals surface area contributed by atoms with Gasteiger partial charge in [0.1, 0.15) is 0 Å². The van der Waals surface area contributed by atoms with Gasteiger partial charge in [-0.15, -0.1) is 5.10 Å². The van der Waals surface area contributed by atoms with E-state index in [4.69, 9.17) is 9.47 Å². The third kappa shape index (κ3) is 3.38. The van der Waals surface area contributed by atoms with Crippen LogP contribution in [-0.2, 0) is 0 Å². The van der Waals surface area contributed by atoms with E-state index in [1.807, 2.05) is 42.5 Å². The lowest BCUT2D eigenvalue weighted by Gasteiger charge is -2.33. The highest BCUT2D eigenvalue weighted by Gasteiger charge is 2.28. The normalized spacial score (nSPS) is 16.8. The SMILES string of the molecule is COc1cc2cnnc(N3CCCC(C(=O)c4ccccc4)C3)c2cc1OC. The summed E-state index contributed by atoms with van der Waals surface area (Å²) in [6, 6.07) is 13.3. The molecule has 1 aliphatic rings. The van der Waals surface area contributed by atoms with Gasteiger partial charge in [-0.3, -0.25) is 4.79 Å². The number of anilines is 1. The van der Waals surface area contributed by atoms with Crippen LogP contribution in [0.5, 0.6) is 11.5 Å². The Morgan fingerprint density at radius 2 is 1.86 bits per heavy atom. The Hall–Kier alpha value is -3.15. The highest BCUT2D eigenvalue weighted by molar-refractivity contribution is 5.99. The number of methoxy groups -OCH3 is 2. The van der Waals surface area contributed by atoms with Crippen molar-refractivity contribution in [1.82, 2.24) is 10.2 Å². The van der Waals surface area contributed by atoms with Crippen LogP contribution in [0.2, 0.25) is 0 Å². The first-order valence-corrected chi connectivity index (χ1v) is 9.43. The van der Waals surface area contributed by atoms with E-state index in [-0.39, 0.29) is 11.7 Å². The van der Waals surface area contributed by atoms with Crippen LogP contribution in [0.15, 0.2) is 48.7 Å². The van der Waals surface area contributed by atoms with E-state index in [1.165, 1.54) is 0 Å². The molecule has 1 saturated heterocycles. The Bertz CT molecular complexity index is 991. The Morgan fingerprint density at radius 1 is 1.11 bits per heavy atom. The Morgan fingerprint density at radius 3 is 2.61 bits per heavy atom. The van der Waals surface area contributed by atoms with E-state index in [0.717, 1.165) is 41.5 Å². The van der Waals surface area contributed by atoms with Crippen LogP contribution in [-0.4, -0.2) is 43.3 Å². The second kappa shape index (κ2) is 7.84. The molecule has 1 aliphatic heterocycles. The van der Waals surface area contributed by atoms with Crippen LogP contribution in [0.3, 0.4) is 0 Å². The molecule has 0 spiro atoms. The summed E-state index contributed by atoms with van der Waals surface area (Å²) < 4.78 is 10.9. The average Bonchev–Trinajstić information content (AvgIpc) is 2.77. The van der Waals surface area contributed by atoms with E-state index in [1.54, 1.807) is 20.4 Å². The lowest BCUT2D eigenvalue weighted by atomic mass is 9.90. The van der Waals surface area contributed by atoms with Gasteiger partial charge in [-0.25, -0.2) is 0 Å². The van der Waals surface area contributed by atoms with E-state index < -0.39 is 0 Å². The average molecular weight is 377 g/mol. The van der Waals surface area contributed by atoms with Crippen LogP contribution in [0, 0.1) is 5.92 Å². The van der Waals surface area contributed by atoms with Gasteiger partial charge in [-0.2, -0.15) is 5.10 Å². The Labute approximate surface area is 164 Å². The fourth-order valence-electron chi connectivity index (χ4n) is 3.85. The molecular weight excluding hydrogens is 354 g/mol. The van der Waals surface area contributed by atoms with Crippen LogP contribution in [0.4, 0.5) is 5.82 Å². The lowest BCUT2D eigenvalue weighted by molar-refractivity contribution is 0.0907. The number of hydrogen-bond donors (Lipinski definition) is 0. The van der Waals surface area contributed by atoms with Gasteiger partial charge >= 0.3 is 0 Å². The maximum atomic E-state index is 12.9. The highest BCUT2D eigenvalue weighted by Crippen LogP contribution is 2.36. The maximum Gasteiger partial charge on any atom is 0.167 e. The molecular formula is C22H23N3O3. The minimum atomic E-state index is -0.0478. The molecule has 1 fully saturated rings. The van der Waals surface area contributed by atoms with Crippen molar-refractivity contribution in [2.45, 2.75) is 12.8 Å². The minimum absolute atomic E-state index is 0.0478. The number of Topliss-reactive ketones (excluding diaryl/α,β-unsaturated/α-hetero) is 1. The van der Waals surface area contributed by atoms with Crippen LogP contribution in [0.1, 0.15) is 23.2 Å². The summed E-state index contributed by atoms with van der Waals surface area (Å²) in [5.74, 6) is 2.23. The third-order valence-corrected chi connectivity index (χ3v) is 5.30. The summed E-state index contributed by atoms with van der Waals surface area (Å²) in [4.78, 5) is 15.1. The zero-order valence-corrected chi connectivity index (χ0v) is 16.1. The number of carbonyl (C=O) groups excluding carboxylic acids is 1. The number of ether oxygens (including phenoxy) is 2. The molecule has 0 N–H and O–H groups in total. The zero-order valence-electron chi connectivity index (χ0n) is 16.1. The molecule has 4 rings (SSSR count). The number of rotatable bonds is 5. The van der Waals surface area contributed by atoms with Crippen molar-refractivity contribution in [1.29, 1.82) is 0 Å². The molecule has 144 valence electrons. The van der Waals surface area contributed by atoms with E-state index in [9.17, 15) is 4.79 Å². The number of carbonyl (C=O) groups is 1. The van der Waals surface area contributed by atoms with Crippen molar-refractivity contribution in [3.8, 4) is 11.5 Å². The monoisotopic (exact) mass is 377 g/mol. The van der Waals surface area contributed by atoms with Gasteiger partial charge in [-0.1, -0.05) is 30.3 Å². The van der Waals surface area contributed by atoms with Crippen molar-refractivity contribution in [3.05, 3.63) is 54.2 Å². The topological polar surface area (TPSA) is 64.6 Å². The van der Waals surface area contributed by atoms with E-state index in [0.29, 0.717) is 18.0 Å². The molecule has 2 heterocycles. The van der Waals surface area contributed by atoms with Gasteiger partial charge in [0.05, 0.1) is 20.4 Å². The van der Waals surface area contributed by atoms with Crippen molar-refractivity contribution in [3.63, 3.8) is 0 Å². The van der Waals surface area contributed by atoms with Crippen LogP contribution in [0.25, 0.3) is 10.8 Å². The number of benzene rings is 2. The molecule has 0 amide bonds. The second-order valence-electron chi connectivity index (χ2n) is 6.98. The molecule has 0 radical (unpaired) electrons.